The summed E-state index contributed by atoms with van der Waals surface area (Å²) in [5, 5.41) is 24.0. The highest BCUT2D eigenvalue weighted by Crippen LogP contribution is 2.20. The van der Waals surface area contributed by atoms with Crippen LogP contribution in [0.15, 0.2) is 12.2 Å². The van der Waals surface area contributed by atoms with Crippen molar-refractivity contribution in [2.24, 2.45) is 0 Å². The number of allylic oxidation sites excluding steroid dienone is 2. The molecule has 0 aromatic rings. The highest BCUT2D eigenvalue weighted by atomic mass is 16.5. The molecule has 0 bridgehead atoms. The minimum atomic E-state index is -0.784. The lowest BCUT2D eigenvalue weighted by atomic mass is 10.0. The summed E-state index contributed by atoms with van der Waals surface area (Å²) in [5.41, 5.74) is 0. The van der Waals surface area contributed by atoms with Crippen molar-refractivity contribution in [2.45, 2.75) is 373 Å². The van der Waals surface area contributed by atoms with Crippen LogP contribution in [0.1, 0.15) is 355 Å². The Morgan fingerprint density at radius 3 is 1.03 bits per heavy atom. The summed E-state index contributed by atoms with van der Waals surface area (Å²) in [4.78, 5) is 26.4. The van der Waals surface area contributed by atoms with E-state index < -0.39 is 18.2 Å². The van der Waals surface area contributed by atoms with Gasteiger partial charge in [0.15, 0.2) is 0 Å². The predicted molar refractivity (Wildman–Crippen MR) is 301 cm³/mol. The number of aliphatic hydroxyl groups is 2. The topological polar surface area (TPSA) is 95.9 Å². The van der Waals surface area contributed by atoms with Crippen LogP contribution in [-0.2, 0) is 14.3 Å². The molecular weight excluding hydrogens is 851 g/mol. The van der Waals surface area contributed by atoms with Crippen LogP contribution >= 0.6 is 0 Å². The number of hydrogen-bond acceptors (Lipinski definition) is 5. The molecular formula is C63H123NO5. The second-order valence-corrected chi connectivity index (χ2v) is 21.8. The number of amides is 1. The summed E-state index contributed by atoms with van der Waals surface area (Å²) in [5.74, 6) is -0.451. The zero-order chi connectivity index (χ0) is 50.2. The minimum Gasteiger partial charge on any atom is -0.462 e. The van der Waals surface area contributed by atoms with Crippen LogP contribution in [0.3, 0.4) is 0 Å². The molecule has 410 valence electrons. The third-order valence-electron chi connectivity index (χ3n) is 14.8. The van der Waals surface area contributed by atoms with E-state index in [-0.39, 0.29) is 24.9 Å². The standard InChI is InChI=1S/C63H123NO5/c1-4-7-10-13-16-19-22-25-28-31-33-36-39-42-45-48-51-54-59(69-63(68)56-53-50-47-44-41-38-35-32-29-26-23-20-17-14-11-8-5-2)57-62(67)64-60(58-65)61(66)55-52-49-46-43-40-37-34-30-27-24-21-18-15-12-9-6-3/h26,29,59-61,65-66H,4-25,27-28,30-58H2,1-3H3,(H,64,67)/b29-26+. The number of esters is 1. The maximum Gasteiger partial charge on any atom is 0.306 e. The van der Waals surface area contributed by atoms with E-state index in [1.165, 1.54) is 263 Å². The van der Waals surface area contributed by atoms with Crippen molar-refractivity contribution in [1.82, 2.24) is 5.32 Å². The maximum absolute atomic E-state index is 13.3. The number of hydrogen-bond donors (Lipinski definition) is 3. The third kappa shape index (κ3) is 52.7. The third-order valence-corrected chi connectivity index (χ3v) is 14.8. The van der Waals surface area contributed by atoms with Gasteiger partial charge in [0.2, 0.25) is 5.91 Å². The van der Waals surface area contributed by atoms with Crippen LogP contribution in [0.5, 0.6) is 0 Å². The Morgan fingerprint density at radius 2 is 0.696 bits per heavy atom. The molecule has 0 radical (unpaired) electrons. The Bertz CT molecular complexity index is 1050. The molecule has 0 aromatic carbocycles. The Kier molecular flexibility index (Phi) is 56.3. The van der Waals surface area contributed by atoms with Crippen LogP contribution < -0.4 is 5.32 Å². The molecule has 0 aliphatic carbocycles. The molecule has 3 unspecified atom stereocenters. The predicted octanol–water partition coefficient (Wildman–Crippen LogP) is 19.6. The average Bonchev–Trinajstić information content (AvgIpc) is 3.34. The fraction of sp³-hybridized carbons (Fsp3) is 0.937. The van der Waals surface area contributed by atoms with Crippen molar-refractivity contribution in [2.75, 3.05) is 6.61 Å². The quantitative estimate of drug-likeness (QED) is 0.0321. The molecule has 0 aliphatic rings. The smallest absolute Gasteiger partial charge is 0.306 e. The Labute approximate surface area is 431 Å². The molecule has 0 aromatic heterocycles. The van der Waals surface area contributed by atoms with Gasteiger partial charge in [-0.2, -0.15) is 0 Å². The molecule has 0 saturated carbocycles. The summed E-state index contributed by atoms with van der Waals surface area (Å²) >= 11 is 0. The fourth-order valence-corrected chi connectivity index (χ4v) is 10.1. The van der Waals surface area contributed by atoms with E-state index in [0.29, 0.717) is 19.3 Å². The van der Waals surface area contributed by atoms with Gasteiger partial charge in [-0.05, 0) is 51.4 Å². The van der Waals surface area contributed by atoms with Gasteiger partial charge in [0, 0.05) is 6.42 Å². The van der Waals surface area contributed by atoms with Crippen molar-refractivity contribution in [1.29, 1.82) is 0 Å². The summed E-state index contributed by atoms with van der Waals surface area (Å²) in [6.45, 7) is 6.54. The molecule has 6 heteroatoms. The molecule has 0 spiro atoms. The first kappa shape index (κ1) is 67.6. The molecule has 0 aliphatic heterocycles. The number of carbonyl (C=O) groups is 2. The van der Waals surface area contributed by atoms with E-state index in [9.17, 15) is 19.8 Å². The maximum atomic E-state index is 13.3. The van der Waals surface area contributed by atoms with Crippen LogP contribution in [0, 0.1) is 0 Å². The van der Waals surface area contributed by atoms with Gasteiger partial charge in [0.25, 0.3) is 0 Å². The number of carbonyl (C=O) groups excluding carboxylic acids is 2. The van der Waals surface area contributed by atoms with E-state index in [4.69, 9.17) is 4.74 Å². The second-order valence-electron chi connectivity index (χ2n) is 21.8. The molecule has 0 saturated heterocycles. The normalized spacial score (nSPS) is 13.1. The number of nitrogens with one attached hydrogen (secondary N) is 1. The fourth-order valence-electron chi connectivity index (χ4n) is 10.1. The summed E-state index contributed by atoms with van der Waals surface area (Å²) in [6.07, 6.45) is 67.1. The van der Waals surface area contributed by atoms with Crippen molar-refractivity contribution in [3.05, 3.63) is 12.2 Å². The van der Waals surface area contributed by atoms with Gasteiger partial charge in [-0.1, -0.05) is 303 Å². The lowest BCUT2D eigenvalue weighted by molar-refractivity contribution is -0.151. The summed E-state index contributed by atoms with van der Waals surface area (Å²) in [7, 11) is 0. The van der Waals surface area contributed by atoms with Gasteiger partial charge in [0.05, 0.1) is 25.2 Å². The molecule has 0 heterocycles. The van der Waals surface area contributed by atoms with Gasteiger partial charge < -0.3 is 20.3 Å². The molecule has 3 N–H and O–H groups in total. The highest BCUT2D eigenvalue weighted by Gasteiger charge is 2.24. The van der Waals surface area contributed by atoms with Crippen LogP contribution in [-0.4, -0.2) is 46.9 Å². The van der Waals surface area contributed by atoms with Crippen molar-refractivity contribution < 1.29 is 24.5 Å². The lowest BCUT2D eigenvalue weighted by Crippen LogP contribution is -2.46. The SMILES string of the molecule is CCCCCCCC/C=C/CCCCCCCCCC(=O)OC(CCCCCCCCCCCCCCCCCCC)CC(=O)NC(CO)C(O)CCCCCCCCCCCCCCCCCC. The molecule has 6 nitrogen and oxygen atoms in total. The minimum absolute atomic E-state index is 0.0844. The number of rotatable bonds is 58. The van der Waals surface area contributed by atoms with Gasteiger partial charge in [-0.15, -0.1) is 0 Å². The van der Waals surface area contributed by atoms with Crippen molar-refractivity contribution >= 4 is 11.9 Å². The summed E-state index contributed by atoms with van der Waals surface area (Å²) < 4.78 is 5.99. The Balaban J connectivity index is 4.50. The number of aliphatic hydroxyl groups excluding tert-OH is 2. The average molecular weight is 975 g/mol. The molecule has 3 atom stereocenters. The zero-order valence-electron chi connectivity index (χ0n) is 47.0. The summed E-state index contributed by atoms with van der Waals surface area (Å²) in [6, 6.07) is -0.697. The Morgan fingerprint density at radius 1 is 0.406 bits per heavy atom. The van der Waals surface area contributed by atoms with E-state index in [1.807, 2.05) is 0 Å². The molecule has 0 rings (SSSR count). The van der Waals surface area contributed by atoms with E-state index in [2.05, 4.69) is 38.2 Å². The number of ether oxygens (including phenoxy) is 1. The molecule has 0 fully saturated rings. The van der Waals surface area contributed by atoms with Gasteiger partial charge in [0.1, 0.15) is 6.10 Å². The van der Waals surface area contributed by atoms with Gasteiger partial charge in [-0.3, -0.25) is 9.59 Å². The molecule has 1 amide bonds. The Hall–Kier alpha value is -1.40. The van der Waals surface area contributed by atoms with E-state index in [1.54, 1.807) is 0 Å². The first-order valence-electron chi connectivity index (χ1n) is 31.4. The highest BCUT2D eigenvalue weighted by molar-refractivity contribution is 5.77. The van der Waals surface area contributed by atoms with Gasteiger partial charge in [-0.25, -0.2) is 0 Å². The van der Waals surface area contributed by atoms with Crippen molar-refractivity contribution in [3.8, 4) is 0 Å². The van der Waals surface area contributed by atoms with Crippen LogP contribution in [0.4, 0.5) is 0 Å². The first-order chi connectivity index (χ1) is 34.0. The monoisotopic (exact) mass is 974 g/mol. The number of unbranched alkanes of at least 4 members (excludes halogenated alkanes) is 44. The largest absolute Gasteiger partial charge is 0.462 e. The van der Waals surface area contributed by atoms with Crippen molar-refractivity contribution in [3.63, 3.8) is 0 Å². The van der Waals surface area contributed by atoms with Gasteiger partial charge >= 0.3 is 5.97 Å². The first-order valence-corrected chi connectivity index (χ1v) is 31.4. The van der Waals surface area contributed by atoms with E-state index >= 15 is 0 Å². The second kappa shape index (κ2) is 57.5. The van der Waals surface area contributed by atoms with Crippen LogP contribution in [0.2, 0.25) is 0 Å². The van der Waals surface area contributed by atoms with Crippen LogP contribution in [0.25, 0.3) is 0 Å². The van der Waals surface area contributed by atoms with E-state index in [0.717, 1.165) is 44.9 Å². The lowest BCUT2D eigenvalue weighted by Gasteiger charge is -2.24. The zero-order valence-corrected chi connectivity index (χ0v) is 47.0. The molecule has 69 heavy (non-hydrogen) atoms.